The van der Waals surface area contributed by atoms with Gasteiger partial charge in [0.1, 0.15) is 0 Å². The van der Waals surface area contributed by atoms with Crippen molar-refractivity contribution in [2.45, 2.75) is 12.6 Å². The van der Waals surface area contributed by atoms with Gasteiger partial charge < -0.3 is 11.1 Å². The number of nitrogens with one attached hydrogen (secondary N) is 1. The van der Waals surface area contributed by atoms with Gasteiger partial charge in [-0.05, 0) is 5.56 Å². The van der Waals surface area contributed by atoms with Crippen molar-refractivity contribution in [3.05, 3.63) is 35.9 Å². The number of carbonyl (C=O) groups is 1. The van der Waals surface area contributed by atoms with E-state index >= 15 is 0 Å². The van der Waals surface area contributed by atoms with Gasteiger partial charge in [-0.15, -0.1) is 0 Å². The number of nitrogens with two attached hydrogens (primary N) is 1. The smallest absolute Gasteiger partial charge is 0.251 e. The highest BCUT2D eigenvalue weighted by Gasteiger charge is 2.10. The highest BCUT2D eigenvalue weighted by Crippen LogP contribution is 1.96. The molecule has 4 heteroatoms. The lowest BCUT2D eigenvalue weighted by atomic mass is 10.2. The highest BCUT2D eigenvalue weighted by atomic mass is 16.2. The Morgan fingerprint density at radius 3 is 2.71 bits per heavy atom. The van der Waals surface area contributed by atoms with E-state index in [1.165, 1.54) is 0 Å². The second kappa shape index (κ2) is 5.00. The van der Waals surface area contributed by atoms with Gasteiger partial charge in [0.15, 0.2) is 6.04 Å². The molecule has 0 aliphatic rings. The van der Waals surface area contributed by atoms with Crippen molar-refractivity contribution in [3.63, 3.8) is 0 Å². The van der Waals surface area contributed by atoms with Crippen molar-refractivity contribution in [3.8, 4) is 6.07 Å². The Labute approximate surface area is 82.3 Å². The maximum Gasteiger partial charge on any atom is 0.251 e. The molecule has 0 saturated heterocycles. The first-order valence-electron chi connectivity index (χ1n) is 4.21. The first kappa shape index (κ1) is 10.2. The summed E-state index contributed by atoms with van der Waals surface area (Å²) in [6.07, 6.45) is 0. The molecule has 0 aliphatic carbocycles. The van der Waals surface area contributed by atoms with Crippen LogP contribution in [0.3, 0.4) is 0 Å². The van der Waals surface area contributed by atoms with E-state index in [-0.39, 0.29) is 0 Å². The van der Waals surface area contributed by atoms with Crippen LogP contribution in [0.25, 0.3) is 0 Å². The molecule has 0 aliphatic heterocycles. The van der Waals surface area contributed by atoms with Gasteiger partial charge >= 0.3 is 0 Å². The van der Waals surface area contributed by atoms with Gasteiger partial charge in [-0.2, -0.15) is 5.26 Å². The molecule has 72 valence electrons. The summed E-state index contributed by atoms with van der Waals surface area (Å²) in [5.74, 6) is -0.448. The standard InChI is InChI=1S/C10H11N3O/c11-6-9(12)10(14)13-7-8-4-2-1-3-5-8/h1-5,9H,7,12H2,(H,13,14)/t9-/m0/s1. The van der Waals surface area contributed by atoms with Crippen LogP contribution >= 0.6 is 0 Å². The summed E-state index contributed by atoms with van der Waals surface area (Å²) in [7, 11) is 0. The largest absolute Gasteiger partial charge is 0.350 e. The van der Waals surface area contributed by atoms with Gasteiger partial charge in [0.2, 0.25) is 0 Å². The van der Waals surface area contributed by atoms with E-state index in [2.05, 4.69) is 5.32 Å². The molecule has 1 aromatic rings. The molecular formula is C10H11N3O. The predicted molar refractivity (Wildman–Crippen MR) is 51.9 cm³/mol. The van der Waals surface area contributed by atoms with Crippen LogP contribution in [0, 0.1) is 11.3 Å². The van der Waals surface area contributed by atoms with Crippen LogP contribution in [0.1, 0.15) is 5.56 Å². The molecule has 3 N–H and O–H groups in total. The minimum absolute atomic E-state index is 0.398. The van der Waals surface area contributed by atoms with E-state index < -0.39 is 11.9 Å². The summed E-state index contributed by atoms with van der Waals surface area (Å²) < 4.78 is 0. The Balaban J connectivity index is 2.43. The normalized spacial score (nSPS) is 11.4. The van der Waals surface area contributed by atoms with Crippen LogP contribution in [0.4, 0.5) is 0 Å². The van der Waals surface area contributed by atoms with Crippen LogP contribution in [0.2, 0.25) is 0 Å². The zero-order chi connectivity index (χ0) is 10.4. The lowest BCUT2D eigenvalue weighted by Crippen LogP contribution is -2.39. The molecule has 14 heavy (non-hydrogen) atoms. The molecular weight excluding hydrogens is 178 g/mol. The van der Waals surface area contributed by atoms with Crippen LogP contribution in [-0.2, 0) is 11.3 Å². The topological polar surface area (TPSA) is 78.9 Å². The minimum Gasteiger partial charge on any atom is -0.350 e. The van der Waals surface area contributed by atoms with Crippen molar-refractivity contribution in [1.82, 2.24) is 5.32 Å². The van der Waals surface area contributed by atoms with Crippen LogP contribution in [0.15, 0.2) is 30.3 Å². The van der Waals surface area contributed by atoms with Crippen molar-refractivity contribution in [2.75, 3.05) is 0 Å². The quantitative estimate of drug-likeness (QED) is 0.710. The van der Waals surface area contributed by atoms with Gasteiger partial charge in [0.25, 0.3) is 5.91 Å². The average Bonchev–Trinajstić information content (AvgIpc) is 2.26. The molecule has 0 heterocycles. The van der Waals surface area contributed by atoms with Crippen molar-refractivity contribution in [1.29, 1.82) is 5.26 Å². The Kier molecular flexibility index (Phi) is 3.65. The number of nitrogens with zero attached hydrogens (tertiary/aromatic N) is 1. The fraction of sp³-hybridized carbons (Fsp3) is 0.200. The van der Waals surface area contributed by atoms with E-state index in [0.717, 1.165) is 5.56 Å². The second-order valence-electron chi connectivity index (χ2n) is 2.81. The van der Waals surface area contributed by atoms with E-state index in [9.17, 15) is 4.79 Å². The zero-order valence-electron chi connectivity index (χ0n) is 7.60. The van der Waals surface area contributed by atoms with Crippen LogP contribution in [0.5, 0.6) is 0 Å². The van der Waals surface area contributed by atoms with E-state index in [1.54, 1.807) is 6.07 Å². The molecule has 1 rings (SSSR count). The Hall–Kier alpha value is -1.86. The molecule has 1 aromatic carbocycles. The molecule has 1 amide bonds. The molecule has 0 bridgehead atoms. The Morgan fingerprint density at radius 2 is 2.14 bits per heavy atom. The Bertz CT molecular complexity index is 342. The van der Waals surface area contributed by atoms with Gasteiger partial charge in [-0.3, -0.25) is 4.79 Å². The molecule has 0 unspecified atom stereocenters. The SMILES string of the molecule is N#C[C@H](N)C(=O)NCc1ccccc1. The van der Waals surface area contributed by atoms with E-state index in [1.807, 2.05) is 30.3 Å². The number of amides is 1. The monoisotopic (exact) mass is 189 g/mol. The fourth-order valence-electron chi connectivity index (χ4n) is 0.954. The summed E-state index contributed by atoms with van der Waals surface area (Å²) >= 11 is 0. The lowest BCUT2D eigenvalue weighted by molar-refractivity contribution is -0.121. The van der Waals surface area contributed by atoms with Crippen LogP contribution < -0.4 is 11.1 Å². The first-order valence-corrected chi connectivity index (χ1v) is 4.21. The van der Waals surface area contributed by atoms with Gasteiger partial charge in [0, 0.05) is 6.54 Å². The number of rotatable bonds is 3. The summed E-state index contributed by atoms with van der Waals surface area (Å²) in [5.41, 5.74) is 6.19. The molecule has 0 saturated carbocycles. The molecule has 0 spiro atoms. The number of carbonyl (C=O) groups excluding carboxylic acids is 1. The summed E-state index contributed by atoms with van der Waals surface area (Å²) in [4.78, 5) is 11.1. The molecule has 0 aromatic heterocycles. The molecule has 0 fully saturated rings. The Morgan fingerprint density at radius 1 is 1.50 bits per heavy atom. The minimum atomic E-state index is -1.08. The number of hydrogen-bond acceptors (Lipinski definition) is 3. The van der Waals surface area contributed by atoms with Crippen molar-refractivity contribution in [2.24, 2.45) is 5.73 Å². The molecule has 4 nitrogen and oxygen atoms in total. The maximum atomic E-state index is 11.1. The van der Waals surface area contributed by atoms with Gasteiger partial charge in [0.05, 0.1) is 6.07 Å². The maximum absolute atomic E-state index is 11.1. The third-order valence-corrected chi connectivity index (χ3v) is 1.73. The van der Waals surface area contributed by atoms with Crippen molar-refractivity contribution >= 4 is 5.91 Å². The molecule has 1 atom stereocenters. The van der Waals surface area contributed by atoms with Gasteiger partial charge in [-0.25, -0.2) is 0 Å². The van der Waals surface area contributed by atoms with Gasteiger partial charge in [-0.1, -0.05) is 30.3 Å². The lowest BCUT2D eigenvalue weighted by Gasteiger charge is -2.05. The van der Waals surface area contributed by atoms with E-state index in [4.69, 9.17) is 11.0 Å². The second-order valence-corrected chi connectivity index (χ2v) is 2.81. The molecule has 0 radical (unpaired) electrons. The highest BCUT2D eigenvalue weighted by molar-refractivity contribution is 5.84. The number of benzene rings is 1. The third-order valence-electron chi connectivity index (χ3n) is 1.73. The van der Waals surface area contributed by atoms with Crippen molar-refractivity contribution < 1.29 is 4.79 Å². The van der Waals surface area contributed by atoms with E-state index in [0.29, 0.717) is 6.54 Å². The zero-order valence-corrected chi connectivity index (χ0v) is 7.60. The summed E-state index contributed by atoms with van der Waals surface area (Å²) in [5, 5.41) is 10.9. The predicted octanol–water partition coefficient (Wildman–Crippen LogP) is 0.154. The average molecular weight is 189 g/mol. The third kappa shape index (κ3) is 2.88. The summed E-state index contributed by atoms with van der Waals surface area (Å²) in [6, 6.07) is 10.0. The number of nitriles is 1. The number of hydrogen-bond donors (Lipinski definition) is 2. The first-order chi connectivity index (χ1) is 6.74. The fourth-order valence-corrected chi connectivity index (χ4v) is 0.954. The van der Waals surface area contributed by atoms with Crippen LogP contribution in [-0.4, -0.2) is 11.9 Å². The summed E-state index contributed by atoms with van der Waals surface area (Å²) in [6.45, 7) is 0.398.